The van der Waals surface area contributed by atoms with Crippen LogP contribution in [0.3, 0.4) is 0 Å². The molecule has 2 heterocycles. The number of furan rings is 1. The van der Waals surface area contributed by atoms with Crippen LogP contribution in [0, 0.1) is 19.8 Å². The van der Waals surface area contributed by atoms with Gasteiger partial charge in [-0.1, -0.05) is 15.9 Å². The van der Waals surface area contributed by atoms with E-state index in [0.29, 0.717) is 18.1 Å². The maximum atomic E-state index is 12.4. The maximum absolute atomic E-state index is 12.4. The molecule has 2 aromatic rings. The quantitative estimate of drug-likeness (QED) is 0.622. The second-order valence-electron chi connectivity index (χ2n) is 7.36. The number of carbonyl (C=O) groups excluding carboxylic acids is 3. The van der Waals surface area contributed by atoms with Crippen LogP contribution in [-0.4, -0.2) is 35.3 Å². The summed E-state index contributed by atoms with van der Waals surface area (Å²) in [5.41, 5.74) is 6.58. The molecule has 160 valence electrons. The molecule has 1 aliphatic heterocycles. The van der Waals surface area contributed by atoms with E-state index in [1.807, 2.05) is 26.0 Å². The molecule has 2 N–H and O–H groups in total. The Morgan fingerprint density at radius 2 is 2.00 bits per heavy atom. The Morgan fingerprint density at radius 1 is 1.30 bits per heavy atom. The maximum Gasteiger partial charge on any atom is 0.279 e. The molecule has 0 radical (unpaired) electrons. The number of likely N-dealkylation sites (tertiary alicyclic amines) is 1. The molecule has 1 aromatic heterocycles. The zero-order valence-corrected chi connectivity index (χ0v) is 18.6. The summed E-state index contributed by atoms with van der Waals surface area (Å²) in [5, 5.41) is 0. The number of hydrogen-bond donors (Lipinski definition) is 2. The number of rotatable bonds is 6. The van der Waals surface area contributed by atoms with E-state index in [0.717, 1.165) is 15.6 Å². The van der Waals surface area contributed by atoms with E-state index in [1.165, 1.54) is 6.26 Å². The van der Waals surface area contributed by atoms with Crippen LogP contribution in [0.25, 0.3) is 0 Å². The molecule has 0 saturated carbocycles. The summed E-state index contributed by atoms with van der Waals surface area (Å²) >= 11 is 3.43. The molecule has 0 bridgehead atoms. The van der Waals surface area contributed by atoms with E-state index in [9.17, 15) is 14.4 Å². The van der Waals surface area contributed by atoms with Gasteiger partial charge in [-0.05, 0) is 56.2 Å². The fraction of sp³-hybridized carbons (Fsp3) is 0.381. The van der Waals surface area contributed by atoms with Gasteiger partial charge in [-0.2, -0.15) is 0 Å². The van der Waals surface area contributed by atoms with Crippen molar-refractivity contribution in [2.24, 2.45) is 5.92 Å². The number of nitrogens with one attached hydrogen (secondary N) is 2. The molecule has 1 fully saturated rings. The molecule has 3 rings (SSSR count). The minimum absolute atomic E-state index is 0.0890. The Hall–Kier alpha value is -2.81. The Morgan fingerprint density at radius 3 is 2.63 bits per heavy atom. The highest BCUT2D eigenvalue weighted by Crippen LogP contribution is 2.28. The van der Waals surface area contributed by atoms with Gasteiger partial charge in [-0.3, -0.25) is 25.2 Å². The zero-order valence-electron chi connectivity index (χ0n) is 17.0. The summed E-state index contributed by atoms with van der Waals surface area (Å²) in [6, 6.07) is 7.33. The number of halogens is 1. The number of ether oxygens (including phenoxy) is 1. The van der Waals surface area contributed by atoms with Gasteiger partial charge in [-0.25, -0.2) is 0 Å². The van der Waals surface area contributed by atoms with E-state index < -0.39 is 23.8 Å². The van der Waals surface area contributed by atoms with Gasteiger partial charge in [-0.15, -0.1) is 0 Å². The number of hydrazine groups is 1. The average molecular weight is 478 g/mol. The van der Waals surface area contributed by atoms with E-state index in [2.05, 4.69) is 26.8 Å². The molecular formula is C21H24BrN3O5. The van der Waals surface area contributed by atoms with Crippen molar-refractivity contribution in [2.75, 3.05) is 6.54 Å². The molecule has 8 nitrogen and oxygen atoms in total. The van der Waals surface area contributed by atoms with Gasteiger partial charge in [0.1, 0.15) is 11.5 Å². The molecule has 0 aliphatic carbocycles. The summed E-state index contributed by atoms with van der Waals surface area (Å²) in [6.45, 7) is 5.98. The summed E-state index contributed by atoms with van der Waals surface area (Å²) in [6.07, 6.45) is 0.812. The predicted molar refractivity (Wildman–Crippen MR) is 112 cm³/mol. The Labute approximate surface area is 183 Å². The molecule has 1 aromatic carbocycles. The average Bonchev–Trinajstić information content (AvgIpc) is 3.32. The smallest absolute Gasteiger partial charge is 0.279 e. The summed E-state index contributed by atoms with van der Waals surface area (Å²) in [7, 11) is 0. The van der Waals surface area contributed by atoms with Crippen LogP contribution < -0.4 is 15.6 Å². The lowest BCUT2D eigenvalue weighted by Crippen LogP contribution is -2.49. The minimum atomic E-state index is -0.815. The van der Waals surface area contributed by atoms with Gasteiger partial charge in [0.2, 0.25) is 11.8 Å². The fourth-order valence-electron chi connectivity index (χ4n) is 3.33. The second-order valence-corrected chi connectivity index (χ2v) is 8.28. The number of benzene rings is 1. The molecule has 1 saturated heterocycles. The SMILES string of the molecule is Cc1cc(Br)cc(C)c1OC(C)C(=O)NNC(=O)C1CC(=O)N(Cc2ccco2)C1. The predicted octanol–water partition coefficient (Wildman–Crippen LogP) is 2.62. The van der Waals surface area contributed by atoms with Gasteiger partial charge in [0.05, 0.1) is 18.7 Å². The first-order chi connectivity index (χ1) is 14.2. The third-order valence-corrected chi connectivity index (χ3v) is 5.37. The Kier molecular flexibility index (Phi) is 6.81. The lowest BCUT2D eigenvalue weighted by atomic mass is 10.1. The number of hydrogen-bond acceptors (Lipinski definition) is 5. The van der Waals surface area contributed by atoms with E-state index in [4.69, 9.17) is 9.15 Å². The molecule has 30 heavy (non-hydrogen) atoms. The molecule has 3 amide bonds. The van der Waals surface area contributed by atoms with Crippen LogP contribution in [0.1, 0.15) is 30.2 Å². The highest BCUT2D eigenvalue weighted by Gasteiger charge is 2.35. The van der Waals surface area contributed by atoms with Gasteiger partial charge in [0, 0.05) is 17.4 Å². The van der Waals surface area contributed by atoms with Crippen molar-refractivity contribution < 1.29 is 23.5 Å². The van der Waals surface area contributed by atoms with Crippen molar-refractivity contribution in [1.82, 2.24) is 15.8 Å². The highest BCUT2D eigenvalue weighted by molar-refractivity contribution is 9.10. The number of amides is 3. The standard InChI is InChI=1S/C21H24BrN3O5/c1-12-7-16(22)8-13(2)19(12)30-14(3)20(27)23-24-21(28)15-9-18(26)25(10-15)11-17-5-4-6-29-17/h4-8,14-15H,9-11H2,1-3H3,(H,23,27)(H,24,28). The van der Waals surface area contributed by atoms with E-state index in [-0.39, 0.29) is 18.9 Å². The van der Waals surface area contributed by atoms with Crippen molar-refractivity contribution in [3.63, 3.8) is 0 Å². The van der Waals surface area contributed by atoms with Crippen LogP contribution in [0.4, 0.5) is 0 Å². The van der Waals surface area contributed by atoms with Crippen molar-refractivity contribution >= 4 is 33.7 Å². The largest absolute Gasteiger partial charge is 0.480 e. The van der Waals surface area contributed by atoms with Gasteiger partial charge >= 0.3 is 0 Å². The van der Waals surface area contributed by atoms with Crippen molar-refractivity contribution in [3.8, 4) is 5.75 Å². The number of nitrogens with zero attached hydrogens (tertiary/aromatic N) is 1. The topological polar surface area (TPSA) is 101 Å². The first-order valence-corrected chi connectivity index (χ1v) is 10.4. The van der Waals surface area contributed by atoms with Crippen molar-refractivity contribution in [1.29, 1.82) is 0 Å². The molecule has 0 spiro atoms. The number of carbonyl (C=O) groups is 3. The summed E-state index contributed by atoms with van der Waals surface area (Å²) in [5.74, 6) is -0.288. The first-order valence-electron chi connectivity index (χ1n) is 9.58. The normalized spacial score (nSPS) is 17.0. The first kappa shape index (κ1) is 21.9. The van der Waals surface area contributed by atoms with Gasteiger partial charge < -0.3 is 14.1 Å². The lowest BCUT2D eigenvalue weighted by Gasteiger charge is -2.19. The molecular weight excluding hydrogens is 454 g/mol. The Balaban J connectivity index is 1.49. The zero-order chi connectivity index (χ0) is 21.8. The van der Waals surface area contributed by atoms with Gasteiger partial charge in [0.15, 0.2) is 6.10 Å². The summed E-state index contributed by atoms with van der Waals surface area (Å²) < 4.78 is 12.0. The lowest BCUT2D eigenvalue weighted by molar-refractivity contribution is -0.134. The molecule has 9 heteroatoms. The highest BCUT2D eigenvalue weighted by atomic mass is 79.9. The molecule has 2 unspecified atom stereocenters. The monoisotopic (exact) mass is 477 g/mol. The van der Waals surface area contributed by atoms with Crippen LogP contribution >= 0.6 is 15.9 Å². The Bertz CT molecular complexity index is 921. The van der Waals surface area contributed by atoms with Crippen LogP contribution in [0.5, 0.6) is 5.75 Å². The van der Waals surface area contributed by atoms with Crippen LogP contribution in [0.15, 0.2) is 39.4 Å². The van der Waals surface area contributed by atoms with Crippen LogP contribution in [0.2, 0.25) is 0 Å². The second kappa shape index (κ2) is 9.34. The van der Waals surface area contributed by atoms with Gasteiger partial charge in [0.25, 0.3) is 5.91 Å². The van der Waals surface area contributed by atoms with Crippen molar-refractivity contribution in [3.05, 3.63) is 51.9 Å². The van der Waals surface area contributed by atoms with Crippen LogP contribution in [-0.2, 0) is 20.9 Å². The van der Waals surface area contributed by atoms with E-state index in [1.54, 1.807) is 24.0 Å². The minimum Gasteiger partial charge on any atom is -0.480 e. The van der Waals surface area contributed by atoms with Crippen molar-refractivity contribution in [2.45, 2.75) is 39.8 Å². The third kappa shape index (κ3) is 5.21. The molecule has 2 atom stereocenters. The van der Waals surface area contributed by atoms with E-state index >= 15 is 0 Å². The summed E-state index contributed by atoms with van der Waals surface area (Å²) in [4.78, 5) is 38.5. The molecule has 1 aliphatic rings. The third-order valence-electron chi connectivity index (χ3n) is 4.91. The number of aryl methyl sites for hydroxylation is 2. The fourth-order valence-corrected chi connectivity index (χ4v) is 4.02.